The molecular weight excluding hydrogens is 316 g/mol. The maximum Gasteiger partial charge on any atom is 0.217 e. The van der Waals surface area contributed by atoms with Crippen LogP contribution in [0.2, 0.25) is 0 Å². The van der Waals surface area contributed by atoms with Crippen LogP contribution in [0.4, 0.5) is 0 Å². The number of amides is 1. The van der Waals surface area contributed by atoms with E-state index < -0.39 is 0 Å². The van der Waals surface area contributed by atoms with Crippen molar-refractivity contribution in [3.8, 4) is 11.5 Å². The summed E-state index contributed by atoms with van der Waals surface area (Å²) in [4.78, 5) is 11.2. The van der Waals surface area contributed by atoms with Crippen LogP contribution in [0, 0.1) is 5.92 Å². The van der Waals surface area contributed by atoms with E-state index in [1.807, 2.05) is 0 Å². The van der Waals surface area contributed by atoms with Crippen molar-refractivity contribution in [2.24, 2.45) is 5.92 Å². The predicted molar refractivity (Wildman–Crippen MR) is 95.9 cm³/mol. The van der Waals surface area contributed by atoms with E-state index in [0.29, 0.717) is 31.3 Å². The zero-order valence-corrected chi connectivity index (χ0v) is 14.9. The molecule has 0 saturated heterocycles. The molecule has 1 amide bonds. The van der Waals surface area contributed by atoms with E-state index in [4.69, 9.17) is 9.47 Å². The molecule has 136 valence electrons. The molecule has 1 aromatic carbocycles. The highest BCUT2D eigenvalue weighted by atomic mass is 16.6. The van der Waals surface area contributed by atoms with Gasteiger partial charge in [0.1, 0.15) is 13.2 Å². The van der Waals surface area contributed by atoms with Crippen LogP contribution in [0.3, 0.4) is 0 Å². The Labute approximate surface area is 149 Å². The van der Waals surface area contributed by atoms with E-state index in [1.54, 1.807) is 6.92 Å². The molecule has 4 rings (SSSR count). The van der Waals surface area contributed by atoms with Gasteiger partial charge in [-0.1, -0.05) is 6.07 Å². The lowest BCUT2D eigenvalue weighted by Gasteiger charge is -2.33. The highest BCUT2D eigenvalue weighted by Gasteiger charge is 2.35. The lowest BCUT2D eigenvalue weighted by molar-refractivity contribution is -0.119. The van der Waals surface area contributed by atoms with Gasteiger partial charge in [-0.2, -0.15) is 0 Å². The number of ether oxygens (including phenoxy) is 2. The molecule has 1 heterocycles. The van der Waals surface area contributed by atoms with Gasteiger partial charge >= 0.3 is 0 Å². The third-order valence-electron chi connectivity index (χ3n) is 5.57. The SMILES string of the molecule is CC(=O)NC1CCC(N[C@H](c2ccc3c(c2)OCCO3)C2CC2)CC1. The maximum atomic E-state index is 11.2. The van der Waals surface area contributed by atoms with Crippen LogP contribution in [-0.2, 0) is 4.79 Å². The normalized spacial score (nSPS) is 26.8. The van der Waals surface area contributed by atoms with Crippen molar-refractivity contribution in [1.82, 2.24) is 10.6 Å². The van der Waals surface area contributed by atoms with E-state index in [1.165, 1.54) is 18.4 Å². The fourth-order valence-corrected chi connectivity index (χ4v) is 4.13. The Morgan fingerprint density at radius 2 is 1.68 bits per heavy atom. The van der Waals surface area contributed by atoms with Crippen LogP contribution < -0.4 is 20.1 Å². The molecule has 0 spiro atoms. The summed E-state index contributed by atoms with van der Waals surface area (Å²) in [7, 11) is 0. The van der Waals surface area contributed by atoms with Crippen LogP contribution in [0.15, 0.2) is 18.2 Å². The molecule has 0 bridgehead atoms. The first-order valence-electron chi connectivity index (χ1n) is 9.62. The molecule has 0 radical (unpaired) electrons. The first kappa shape index (κ1) is 16.7. The van der Waals surface area contributed by atoms with Crippen molar-refractivity contribution in [1.29, 1.82) is 0 Å². The zero-order valence-electron chi connectivity index (χ0n) is 14.9. The van der Waals surface area contributed by atoms with E-state index in [-0.39, 0.29) is 5.91 Å². The summed E-state index contributed by atoms with van der Waals surface area (Å²) in [6, 6.07) is 7.68. The van der Waals surface area contributed by atoms with Gasteiger partial charge in [0.2, 0.25) is 5.91 Å². The number of carbonyl (C=O) groups excluding carboxylic acids is 1. The number of hydrogen-bond acceptors (Lipinski definition) is 4. The summed E-state index contributed by atoms with van der Waals surface area (Å²) in [6.07, 6.45) is 6.98. The van der Waals surface area contributed by atoms with E-state index in [0.717, 1.165) is 43.1 Å². The molecule has 0 unspecified atom stereocenters. The molecule has 1 atom stereocenters. The quantitative estimate of drug-likeness (QED) is 0.862. The Kier molecular flexibility index (Phi) is 4.84. The number of carbonyl (C=O) groups is 1. The zero-order chi connectivity index (χ0) is 17.2. The van der Waals surface area contributed by atoms with Gasteiger partial charge in [0.25, 0.3) is 0 Å². The van der Waals surface area contributed by atoms with Gasteiger partial charge in [0.15, 0.2) is 11.5 Å². The van der Waals surface area contributed by atoms with Crippen LogP contribution in [0.1, 0.15) is 57.1 Å². The minimum Gasteiger partial charge on any atom is -0.486 e. The van der Waals surface area contributed by atoms with Gasteiger partial charge in [-0.15, -0.1) is 0 Å². The monoisotopic (exact) mass is 344 g/mol. The number of fused-ring (bicyclic) bond motifs is 1. The lowest BCUT2D eigenvalue weighted by atomic mass is 9.89. The second-order valence-electron chi connectivity index (χ2n) is 7.63. The number of hydrogen-bond donors (Lipinski definition) is 2. The molecule has 2 N–H and O–H groups in total. The number of benzene rings is 1. The molecule has 3 aliphatic rings. The first-order valence-corrected chi connectivity index (χ1v) is 9.62. The fourth-order valence-electron chi connectivity index (χ4n) is 4.13. The second kappa shape index (κ2) is 7.24. The summed E-state index contributed by atoms with van der Waals surface area (Å²) >= 11 is 0. The molecule has 2 saturated carbocycles. The van der Waals surface area contributed by atoms with Crippen molar-refractivity contribution >= 4 is 5.91 Å². The van der Waals surface area contributed by atoms with Crippen LogP contribution >= 0.6 is 0 Å². The third kappa shape index (κ3) is 4.09. The van der Waals surface area contributed by atoms with Crippen LogP contribution in [0.5, 0.6) is 11.5 Å². The van der Waals surface area contributed by atoms with Gasteiger partial charge in [-0.25, -0.2) is 0 Å². The van der Waals surface area contributed by atoms with Crippen molar-refractivity contribution in [3.63, 3.8) is 0 Å². The van der Waals surface area contributed by atoms with Crippen molar-refractivity contribution in [2.45, 2.75) is 63.6 Å². The Morgan fingerprint density at radius 1 is 1.00 bits per heavy atom. The number of rotatable bonds is 5. The smallest absolute Gasteiger partial charge is 0.217 e. The summed E-state index contributed by atoms with van der Waals surface area (Å²) < 4.78 is 11.4. The van der Waals surface area contributed by atoms with Gasteiger partial charge in [0, 0.05) is 25.0 Å². The van der Waals surface area contributed by atoms with Crippen LogP contribution in [0.25, 0.3) is 0 Å². The highest BCUT2D eigenvalue weighted by molar-refractivity contribution is 5.73. The third-order valence-corrected chi connectivity index (χ3v) is 5.57. The van der Waals surface area contributed by atoms with Crippen LogP contribution in [-0.4, -0.2) is 31.2 Å². The van der Waals surface area contributed by atoms with E-state index in [9.17, 15) is 4.79 Å². The molecule has 1 aromatic rings. The topological polar surface area (TPSA) is 59.6 Å². The fraction of sp³-hybridized carbons (Fsp3) is 0.650. The van der Waals surface area contributed by atoms with Gasteiger partial charge in [-0.05, 0) is 62.1 Å². The molecule has 2 fully saturated rings. The van der Waals surface area contributed by atoms with Gasteiger partial charge in [0.05, 0.1) is 0 Å². The average molecular weight is 344 g/mol. The summed E-state index contributed by atoms with van der Waals surface area (Å²) in [5, 5.41) is 6.97. The average Bonchev–Trinajstić information content (AvgIpc) is 3.45. The molecule has 2 aliphatic carbocycles. The van der Waals surface area contributed by atoms with Crippen molar-refractivity contribution in [2.75, 3.05) is 13.2 Å². The largest absolute Gasteiger partial charge is 0.486 e. The predicted octanol–water partition coefficient (Wildman–Crippen LogP) is 2.95. The Morgan fingerprint density at radius 3 is 2.36 bits per heavy atom. The maximum absolute atomic E-state index is 11.2. The van der Waals surface area contributed by atoms with Crippen molar-refractivity contribution in [3.05, 3.63) is 23.8 Å². The van der Waals surface area contributed by atoms with Crippen molar-refractivity contribution < 1.29 is 14.3 Å². The molecule has 1 aliphatic heterocycles. The second-order valence-corrected chi connectivity index (χ2v) is 7.63. The highest BCUT2D eigenvalue weighted by Crippen LogP contribution is 2.44. The molecule has 25 heavy (non-hydrogen) atoms. The minimum atomic E-state index is 0.0866. The van der Waals surface area contributed by atoms with Gasteiger partial charge in [-0.3, -0.25) is 4.79 Å². The molecule has 5 nitrogen and oxygen atoms in total. The molecule has 0 aromatic heterocycles. The van der Waals surface area contributed by atoms with E-state index in [2.05, 4.69) is 28.8 Å². The lowest BCUT2D eigenvalue weighted by Crippen LogP contribution is -2.42. The first-order chi connectivity index (χ1) is 12.2. The standard InChI is InChI=1S/C20H28N2O3/c1-13(23)21-16-5-7-17(8-6-16)22-20(14-2-3-14)15-4-9-18-19(12-15)25-11-10-24-18/h4,9,12,14,16-17,20,22H,2-3,5-8,10-11H2,1H3,(H,21,23)/t16?,17?,20-/m0/s1. The Balaban J connectivity index is 1.40. The minimum absolute atomic E-state index is 0.0866. The number of nitrogens with one attached hydrogen (secondary N) is 2. The molecule has 5 heteroatoms. The Bertz CT molecular complexity index is 621. The van der Waals surface area contributed by atoms with E-state index >= 15 is 0 Å². The van der Waals surface area contributed by atoms with Gasteiger partial charge < -0.3 is 20.1 Å². The summed E-state index contributed by atoms with van der Waals surface area (Å²) in [5.74, 6) is 2.56. The summed E-state index contributed by atoms with van der Waals surface area (Å²) in [5.41, 5.74) is 1.32. The Hall–Kier alpha value is -1.75. The molecular formula is C20H28N2O3. The summed E-state index contributed by atoms with van der Waals surface area (Å²) in [6.45, 7) is 2.87.